The Morgan fingerprint density at radius 2 is 2.00 bits per heavy atom. The highest BCUT2D eigenvalue weighted by Gasteiger charge is 2.10. The molecule has 0 unspecified atom stereocenters. The number of carboxylic acid groups (broad SMARTS) is 1. The summed E-state index contributed by atoms with van der Waals surface area (Å²) < 4.78 is 1.71. The zero-order valence-electron chi connectivity index (χ0n) is 13.2. The van der Waals surface area contributed by atoms with Crippen molar-refractivity contribution in [3.05, 3.63) is 47.3 Å². The van der Waals surface area contributed by atoms with E-state index in [4.69, 9.17) is 5.11 Å². The van der Waals surface area contributed by atoms with Crippen molar-refractivity contribution < 1.29 is 9.90 Å². The molecule has 3 rings (SSSR count). The van der Waals surface area contributed by atoms with Crippen LogP contribution < -0.4 is 0 Å². The van der Waals surface area contributed by atoms with Crippen LogP contribution in [0.15, 0.2) is 30.3 Å². The fourth-order valence-electron chi connectivity index (χ4n) is 2.54. The summed E-state index contributed by atoms with van der Waals surface area (Å²) in [5.74, 6) is -0.115. The largest absolute Gasteiger partial charge is 0.481 e. The predicted molar refractivity (Wildman–Crippen MR) is 86.3 cm³/mol. The van der Waals surface area contributed by atoms with Crippen molar-refractivity contribution in [2.24, 2.45) is 0 Å². The van der Waals surface area contributed by atoms with Crippen LogP contribution >= 0.6 is 0 Å². The number of carbonyl (C=O) groups is 1. The Bertz CT molecular complexity index is 870. The predicted octanol–water partition coefficient (Wildman–Crippen LogP) is 2.82. The van der Waals surface area contributed by atoms with Crippen molar-refractivity contribution in [2.45, 2.75) is 33.1 Å². The number of carboxylic acids is 1. The number of fused-ring (bicyclic) bond motifs is 1. The molecular weight excluding hydrogens is 292 g/mol. The van der Waals surface area contributed by atoms with Gasteiger partial charge in [0, 0.05) is 18.4 Å². The molecule has 3 aromatic rings. The van der Waals surface area contributed by atoms with Gasteiger partial charge in [-0.05, 0) is 44.0 Å². The number of aryl methyl sites for hydroxylation is 3. The molecule has 118 valence electrons. The monoisotopic (exact) mass is 310 g/mol. The maximum atomic E-state index is 10.6. The highest BCUT2D eigenvalue weighted by Crippen LogP contribution is 2.23. The standard InChI is InChI=1S/C17H18N4O2/c1-11-6-7-12(2)13(10-11)14-8-9-16-19-18-15(21(16)20-14)4-3-5-17(22)23/h6-10H,3-5H2,1-2H3,(H,22,23). The summed E-state index contributed by atoms with van der Waals surface area (Å²) in [4.78, 5) is 10.6. The van der Waals surface area contributed by atoms with Gasteiger partial charge in [-0.2, -0.15) is 9.61 Å². The van der Waals surface area contributed by atoms with Crippen LogP contribution in [0, 0.1) is 13.8 Å². The Morgan fingerprint density at radius 1 is 1.17 bits per heavy atom. The van der Waals surface area contributed by atoms with Gasteiger partial charge in [0.05, 0.1) is 5.69 Å². The minimum Gasteiger partial charge on any atom is -0.481 e. The van der Waals surface area contributed by atoms with Gasteiger partial charge >= 0.3 is 5.97 Å². The number of hydrogen-bond acceptors (Lipinski definition) is 4. The molecule has 0 fully saturated rings. The summed E-state index contributed by atoms with van der Waals surface area (Å²) in [5.41, 5.74) is 4.94. The van der Waals surface area contributed by atoms with Crippen molar-refractivity contribution >= 4 is 11.6 Å². The molecule has 0 aliphatic carbocycles. The number of aromatic nitrogens is 4. The minimum atomic E-state index is -0.803. The lowest BCUT2D eigenvalue weighted by atomic mass is 10.0. The van der Waals surface area contributed by atoms with Crippen LogP contribution in [0.2, 0.25) is 0 Å². The lowest BCUT2D eigenvalue weighted by Crippen LogP contribution is -2.03. The minimum absolute atomic E-state index is 0.117. The quantitative estimate of drug-likeness (QED) is 0.783. The Labute approximate surface area is 133 Å². The summed E-state index contributed by atoms with van der Waals surface area (Å²) in [6.45, 7) is 4.11. The molecule has 0 aliphatic heterocycles. The number of nitrogens with zero attached hydrogens (tertiary/aromatic N) is 4. The third-order valence-corrected chi connectivity index (χ3v) is 3.79. The van der Waals surface area contributed by atoms with E-state index in [-0.39, 0.29) is 6.42 Å². The van der Waals surface area contributed by atoms with E-state index in [0.717, 1.165) is 16.8 Å². The second-order valence-corrected chi connectivity index (χ2v) is 5.67. The number of benzene rings is 1. The summed E-state index contributed by atoms with van der Waals surface area (Å²) in [6.07, 6.45) is 1.17. The molecule has 0 spiro atoms. The lowest BCUT2D eigenvalue weighted by molar-refractivity contribution is -0.137. The molecule has 23 heavy (non-hydrogen) atoms. The van der Waals surface area contributed by atoms with E-state index in [1.54, 1.807) is 4.52 Å². The van der Waals surface area contributed by atoms with E-state index in [0.29, 0.717) is 24.3 Å². The fourth-order valence-corrected chi connectivity index (χ4v) is 2.54. The van der Waals surface area contributed by atoms with Crippen molar-refractivity contribution in [1.29, 1.82) is 0 Å². The van der Waals surface area contributed by atoms with Gasteiger partial charge in [-0.15, -0.1) is 10.2 Å². The van der Waals surface area contributed by atoms with E-state index >= 15 is 0 Å². The molecule has 0 atom stereocenters. The van der Waals surface area contributed by atoms with E-state index in [2.05, 4.69) is 47.3 Å². The van der Waals surface area contributed by atoms with Gasteiger partial charge in [0.25, 0.3) is 0 Å². The first-order valence-electron chi connectivity index (χ1n) is 7.55. The van der Waals surface area contributed by atoms with Crippen molar-refractivity contribution in [3.8, 4) is 11.3 Å². The van der Waals surface area contributed by atoms with Crippen LogP contribution in [-0.2, 0) is 11.2 Å². The molecule has 1 aromatic carbocycles. The molecule has 2 heterocycles. The number of aliphatic carboxylic acids is 1. The maximum absolute atomic E-state index is 10.6. The molecule has 0 amide bonds. The summed E-state index contributed by atoms with van der Waals surface area (Å²) in [5, 5.41) is 21.6. The lowest BCUT2D eigenvalue weighted by Gasteiger charge is -2.07. The molecule has 6 heteroatoms. The van der Waals surface area contributed by atoms with Crippen LogP contribution in [0.1, 0.15) is 29.8 Å². The summed E-state index contributed by atoms with van der Waals surface area (Å²) >= 11 is 0. The molecule has 0 saturated heterocycles. The number of hydrogen-bond donors (Lipinski definition) is 1. The smallest absolute Gasteiger partial charge is 0.303 e. The van der Waals surface area contributed by atoms with Gasteiger partial charge in [0.15, 0.2) is 11.5 Å². The van der Waals surface area contributed by atoms with E-state index in [9.17, 15) is 4.79 Å². The average Bonchev–Trinajstić information content (AvgIpc) is 2.92. The highest BCUT2D eigenvalue weighted by molar-refractivity contribution is 5.66. The molecular formula is C17H18N4O2. The van der Waals surface area contributed by atoms with Crippen LogP contribution in [0.3, 0.4) is 0 Å². The first-order chi connectivity index (χ1) is 11.0. The number of rotatable bonds is 5. The van der Waals surface area contributed by atoms with E-state index in [1.807, 2.05) is 12.1 Å². The zero-order chi connectivity index (χ0) is 16.4. The topological polar surface area (TPSA) is 80.4 Å². The van der Waals surface area contributed by atoms with Crippen LogP contribution in [0.4, 0.5) is 0 Å². The van der Waals surface area contributed by atoms with Crippen molar-refractivity contribution in [1.82, 2.24) is 19.8 Å². The fraction of sp³-hybridized carbons (Fsp3) is 0.294. The summed E-state index contributed by atoms with van der Waals surface area (Å²) in [7, 11) is 0. The normalized spacial score (nSPS) is 11.0. The van der Waals surface area contributed by atoms with Gasteiger partial charge in [-0.1, -0.05) is 17.7 Å². The average molecular weight is 310 g/mol. The van der Waals surface area contributed by atoms with Gasteiger partial charge in [-0.25, -0.2) is 0 Å². The second kappa shape index (κ2) is 6.16. The SMILES string of the molecule is Cc1ccc(C)c(-c2ccc3nnc(CCCC(=O)O)n3n2)c1. The first kappa shape index (κ1) is 15.1. The highest BCUT2D eigenvalue weighted by atomic mass is 16.4. The van der Waals surface area contributed by atoms with E-state index in [1.165, 1.54) is 5.56 Å². The molecule has 6 nitrogen and oxygen atoms in total. The van der Waals surface area contributed by atoms with E-state index < -0.39 is 5.97 Å². The van der Waals surface area contributed by atoms with Gasteiger partial charge in [0.2, 0.25) is 0 Å². The third kappa shape index (κ3) is 3.21. The van der Waals surface area contributed by atoms with Crippen LogP contribution in [-0.4, -0.2) is 30.9 Å². The Balaban J connectivity index is 1.97. The molecule has 0 saturated carbocycles. The van der Waals surface area contributed by atoms with Crippen LogP contribution in [0.25, 0.3) is 16.9 Å². The van der Waals surface area contributed by atoms with Gasteiger partial charge < -0.3 is 5.11 Å². The van der Waals surface area contributed by atoms with Crippen molar-refractivity contribution in [3.63, 3.8) is 0 Å². The second-order valence-electron chi connectivity index (χ2n) is 5.67. The maximum Gasteiger partial charge on any atom is 0.303 e. The van der Waals surface area contributed by atoms with Crippen molar-refractivity contribution in [2.75, 3.05) is 0 Å². The molecule has 0 radical (unpaired) electrons. The molecule has 2 aromatic heterocycles. The zero-order valence-corrected chi connectivity index (χ0v) is 13.2. The molecule has 1 N–H and O–H groups in total. The Kier molecular flexibility index (Phi) is 4.06. The Morgan fingerprint density at radius 3 is 2.78 bits per heavy atom. The van der Waals surface area contributed by atoms with Gasteiger partial charge in [0.1, 0.15) is 0 Å². The molecule has 0 aliphatic rings. The third-order valence-electron chi connectivity index (χ3n) is 3.79. The van der Waals surface area contributed by atoms with Gasteiger partial charge in [-0.3, -0.25) is 4.79 Å². The molecule has 0 bridgehead atoms. The summed E-state index contributed by atoms with van der Waals surface area (Å²) in [6, 6.07) is 10.1. The first-order valence-corrected chi connectivity index (χ1v) is 7.55. The van der Waals surface area contributed by atoms with Crippen LogP contribution in [0.5, 0.6) is 0 Å². The Hall–Kier alpha value is -2.76.